The van der Waals surface area contributed by atoms with E-state index in [9.17, 15) is 0 Å². The maximum Gasteiger partial charge on any atom is 0.148 e. The van der Waals surface area contributed by atoms with Crippen LogP contribution in [0.1, 0.15) is 19.0 Å². The quantitative estimate of drug-likeness (QED) is 0.916. The maximum atomic E-state index is 5.83. The number of ether oxygens (including phenoxy) is 2. The molecule has 1 N–H and O–H groups in total. The zero-order chi connectivity index (χ0) is 14.7. The van der Waals surface area contributed by atoms with E-state index >= 15 is 0 Å². The largest absolute Gasteiger partial charge is 0.379 e. The number of rotatable bonds is 5. The van der Waals surface area contributed by atoms with Gasteiger partial charge < -0.3 is 14.8 Å². The third-order valence-corrected chi connectivity index (χ3v) is 3.60. The first-order valence-electron chi connectivity index (χ1n) is 7.41. The van der Waals surface area contributed by atoms with Crippen LogP contribution in [0.4, 0.5) is 5.82 Å². The molecule has 1 aliphatic heterocycles. The van der Waals surface area contributed by atoms with Crippen molar-refractivity contribution in [3.05, 3.63) is 30.0 Å². The van der Waals surface area contributed by atoms with E-state index in [1.54, 1.807) is 0 Å². The number of hydrogen-bond donors (Lipinski definition) is 1. The van der Waals surface area contributed by atoms with Crippen LogP contribution in [-0.2, 0) is 9.47 Å². The molecule has 112 valence electrons. The first-order valence-corrected chi connectivity index (χ1v) is 7.41. The van der Waals surface area contributed by atoms with Crippen LogP contribution in [0.3, 0.4) is 0 Å². The molecule has 2 unspecified atom stereocenters. The molecule has 1 fully saturated rings. The molecule has 3 rings (SSSR count). The van der Waals surface area contributed by atoms with E-state index in [4.69, 9.17) is 9.47 Å². The molecule has 2 aromatic rings. The van der Waals surface area contributed by atoms with Gasteiger partial charge in [0, 0.05) is 12.6 Å². The molecule has 0 bridgehead atoms. The zero-order valence-corrected chi connectivity index (χ0v) is 12.5. The number of aryl methyl sites for hydroxylation is 1. The van der Waals surface area contributed by atoms with Crippen molar-refractivity contribution in [2.24, 2.45) is 0 Å². The Morgan fingerprint density at radius 1 is 1.33 bits per heavy atom. The van der Waals surface area contributed by atoms with Gasteiger partial charge in [-0.05, 0) is 32.4 Å². The molecule has 0 radical (unpaired) electrons. The van der Waals surface area contributed by atoms with Crippen LogP contribution in [0, 0.1) is 6.92 Å². The average molecular weight is 287 g/mol. The minimum absolute atomic E-state index is 0.180. The van der Waals surface area contributed by atoms with Crippen LogP contribution in [0.5, 0.6) is 0 Å². The molecule has 2 heterocycles. The topological polar surface area (TPSA) is 56.3 Å². The molecular formula is C16H21N3O2. The van der Waals surface area contributed by atoms with Crippen LogP contribution >= 0.6 is 0 Å². The second-order valence-corrected chi connectivity index (χ2v) is 5.51. The lowest BCUT2D eigenvalue weighted by Crippen LogP contribution is -2.26. The Morgan fingerprint density at radius 3 is 2.81 bits per heavy atom. The number of anilines is 1. The van der Waals surface area contributed by atoms with Gasteiger partial charge in [0.05, 0.1) is 36.0 Å². The summed E-state index contributed by atoms with van der Waals surface area (Å²) in [5, 5.41) is 3.39. The molecule has 1 saturated heterocycles. The number of aromatic nitrogens is 2. The van der Waals surface area contributed by atoms with Gasteiger partial charge in [-0.25, -0.2) is 9.97 Å². The molecule has 5 nitrogen and oxygen atoms in total. The van der Waals surface area contributed by atoms with E-state index in [1.165, 1.54) is 0 Å². The first-order chi connectivity index (χ1) is 10.2. The summed E-state index contributed by atoms with van der Waals surface area (Å²) >= 11 is 0. The zero-order valence-electron chi connectivity index (χ0n) is 12.5. The van der Waals surface area contributed by atoms with Gasteiger partial charge in [-0.15, -0.1) is 0 Å². The smallest absolute Gasteiger partial charge is 0.148 e. The fraction of sp³-hybridized carbons (Fsp3) is 0.500. The Balaban J connectivity index is 1.64. The van der Waals surface area contributed by atoms with E-state index < -0.39 is 0 Å². The predicted molar refractivity (Wildman–Crippen MR) is 82.5 cm³/mol. The van der Waals surface area contributed by atoms with Crippen LogP contribution in [-0.4, -0.2) is 41.9 Å². The molecule has 1 aromatic carbocycles. The van der Waals surface area contributed by atoms with E-state index in [1.807, 2.05) is 31.2 Å². The normalized spacial score (nSPS) is 19.8. The van der Waals surface area contributed by atoms with Crippen molar-refractivity contribution >= 4 is 16.9 Å². The van der Waals surface area contributed by atoms with E-state index in [0.717, 1.165) is 35.6 Å². The average Bonchev–Trinajstić information content (AvgIpc) is 2.99. The minimum atomic E-state index is 0.180. The van der Waals surface area contributed by atoms with Gasteiger partial charge in [0.1, 0.15) is 5.82 Å². The van der Waals surface area contributed by atoms with Gasteiger partial charge in [-0.2, -0.15) is 0 Å². The molecule has 0 aliphatic carbocycles. The summed E-state index contributed by atoms with van der Waals surface area (Å²) in [6.07, 6.45) is 1.22. The Bertz CT molecular complexity index is 611. The monoisotopic (exact) mass is 287 g/mol. The second kappa shape index (κ2) is 6.37. The first kappa shape index (κ1) is 14.2. The van der Waals surface area contributed by atoms with E-state index in [0.29, 0.717) is 13.2 Å². The number of hydrogen-bond acceptors (Lipinski definition) is 5. The van der Waals surface area contributed by atoms with Crippen molar-refractivity contribution in [3.63, 3.8) is 0 Å². The molecule has 2 atom stereocenters. The van der Waals surface area contributed by atoms with Crippen molar-refractivity contribution in [2.75, 3.05) is 25.1 Å². The lowest BCUT2D eigenvalue weighted by atomic mass is 10.2. The Hall–Kier alpha value is -1.72. The fourth-order valence-corrected chi connectivity index (χ4v) is 2.42. The molecule has 5 heteroatoms. The molecule has 1 aromatic heterocycles. The fourth-order valence-electron chi connectivity index (χ4n) is 2.42. The van der Waals surface area contributed by atoms with Crippen molar-refractivity contribution in [2.45, 2.75) is 32.4 Å². The lowest BCUT2D eigenvalue weighted by molar-refractivity contribution is 0.0395. The third kappa shape index (κ3) is 3.49. The van der Waals surface area contributed by atoms with Crippen molar-refractivity contribution in [3.8, 4) is 0 Å². The SMILES string of the molecule is Cc1nc2ccccc2nc1NC(C)COC1CCOC1. The van der Waals surface area contributed by atoms with Gasteiger partial charge in [-0.3, -0.25) is 0 Å². The lowest BCUT2D eigenvalue weighted by Gasteiger charge is -2.18. The number of para-hydroxylation sites is 2. The summed E-state index contributed by atoms with van der Waals surface area (Å²) < 4.78 is 11.1. The van der Waals surface area contributed by atoms with Crippen LogP contribution in [0.15, 0.2) is 24.3 Å². The molecule has 0 saturated carbocycles. The van der Waals surface area contributed by atoms with E-state index in [2.05, 4.69) is 22.2 Å². The van der Waals surface area contributed by atoms with Gasteiger partial charge in [0.15, 0.2) is 0 Å². The number of benzene rings is 1. The molecular weight excluding hydrogens is 266 g/mol. The summed E-state index contributed by atoms with van der Waals surface area (Å²) in [5.74, 6) is 0.826. The summed E-state index contributed by atoms with van der Waals surface area (Å²) in [7, 11) is 0. The van der Waals surface area contributed by atoms with Crippen LogP contribution < -0.4 is 5.32 Å². The van der Waals surface area contributed by atoms with Gasteiger partial charge >= 0.3 is 0 Å². The van der Waals surface area contributed by atoms with Gasteiger partial charge in [0.2, 0.25) is 0 Å². The summed E-state index contributed by atoms with van der Waals surface area (Å²) in [6.45, 7) is 6.22. The molecule has 21 heavy (non-hydrogen) atoms. The second-order valence-electron chi connectivity index (χ2n) is 5.51. The Morgan fingerprint density at radius 2 is 2.10 bits per heavy atom. The molecule has 0 amide bonds. The summed E-state index contributed by atoms with van der Waals surface area (Å²) in [5.41, 5.74) is 2.74. The summed E-state index contributed by atoms with van der Waals surface area (Å²) in [4.78, 5) is 9.22. The minimum Gasteiger partial charge on any atom is -0.379 e. The predicted octanol–water partition coefficient (Wildman–Crippen LogP) is 2.54. The van der Waals surface area contributed by atoms with Crippen LogP contribution in [0.25, 0.3) is 11.0 Å². The van der Waals surface area contributed by atoms with Gasteiger partial charge in [0.25, 0.3) is 0 Å². The third-order valence-electron chi connectivity index (χ3n) is 3.60. The highest BCUT2D eigenvalue weighted by atomic mass is 16.5. The Labute approximate surface area is 124 Å². The Kier molecular flexibility index (Phi) is 4.31. The highest BCUT2D eigenvalue weighted by Crippen LogP contribution is 2.17. The molecule has 1 aliphatic rings. The van der Waals surface area contributed by atoms with Crippen molar-refractivity contribution in [1.82, 2.24) is 9.97 Å². The highest BCUT2D eigenvalue weighted by Gasteiger charge is 2.17. The number of fused-ring (bicyclic) bond motifs is 1. The highest BCUT2D eigenvalue weighted by molar-refractivity contribution is 5.76. The van der Waals surface area contributed by atoms with Crippen molar-refractivity contribution < 1.29 is 9.47 Å². The van der Waals surface area contributed by atoms with Gasteiger partial charge in [-0.1, -0.05) is 12.1 Å². The van der Waals surface area contributed by atoms with E-state index in [-0.39, 0.29) is 12.1 Å². The van der Waals surface area contributed by atoms with Crippen molar-refractivity contribution in [1.29, 1.82) is 0 Å². The molecule has 0 spiro atoms. The van der Waals surface area contributed by atoms with Crippen LogP contribution in [0.2, 0.25) is 0 Å². The summed E-state index contributed by atoms with van der Waals surface area (Å²) in [6, 6.07) is 8.09. The standard InChI is InChI=1S/C16H21N3O2/c1-11(9-21-13-7-8-20-10-13)17-16-12(2)18-14-5-3-4-6-15(14)19-16/h3-6,11,13H,7-10H2,1-2H3,(H,17,19). The number of nitrogens with one attached hydrogen (secondary N) is 1. The number of nitrogens with zero attached hydrogens (tertiary/aromatic N) is 2. The maximum absolute atomic E-state index is 5.83.